The van der Waals surface area contributed by atoms with Crippen LogP contribution in [0.2, 0.25) is 0 Å². The average Bonchev–Trinajstić information content (AvgIpc) is 3.16. The Morgan fingerprint density at radius 2 is 1.07 bits per heavy atom. The molecule has 0 fully saturated rings. The molecule has 4 rings (SSSR count). The van der Waals surface area contributed by atoms with Crippen LogP contribution in [-0.4, -0.2) is 30.1 Å². The van der Waals surface area contributed by atoms with E-state index in [0.29, 0.717) is 11.4 Å². The van der Waals surface area contributed by atoms with Gasteiger partial charge in [0, 0.05) is 35.6 Å². The van der Waals surface area contributed by atoms with Gasteiger partial charge in [0.1, 0.15) is 0 Å². The maximum atomic E-state index is 10.8. The van der Waals surface area contributed by atoms with Crippen LogP contribution in [0, 0.1) is 20.2 Å². The van der Waals surface area contributed by atoms with Gasteiger partial charge in [0.05, 0.1) is 9.85 Å². The molecule has 0 aliphatic carbocycles. The summed E-state index contributed by atoms with van der Waals surface area (Å²) in [4.78, 5) is 29.2. The van der Waals surface area contributed by atoms with E-state index >= 15 is 0 Å². The van der Waals surface area contributed by atoms with E-state index in [-0.39, 0.29) is 34.3 Å². The minimum absolute atomic E-state index is 0.0537. The first-order valence-corrected chi connectivity index (χ1v) is 8.03. The summed E-state index contributed by atoms with van der Waals surface area (Å²) in [6, 6.07) is 11.4. The summed E-state index contributed by atoms with van der Waals surface area (Å²) in [5, 5.41) is 34.9. The summed E-state index contributed by atoms with van der Waals surface area (Å²) in [6.07, 6.45) is 0. The van der Waals surface area contributed by atoms with Crippen molar-refractivity contribution in [1.82, 2.24) is 20.3 Å². The standard InChI is InChI=1S/C16H10N8O5/c25-23(26)11-5-1-9(2-6-11)17-13-14(20-16-15(19-13)21-29-22-16)18-10-3-7-12(8-4-10)24(27)28/h1-8H,(H,17,19,21)(H,18,20,22). The number of hydrogen-bond donors (Lipinski definition) is 2. The first kappa shape index (κ1) is 17.7. The number of hydrogen-bond acceptors (Lipinski definition) is 11. The number of non-ortho nitro benzene ring substituents is 2. The minimum Gasteiger partial charge on any atom is -0.337 e. The number of nitro groups is 2. The molecular weight excluding hydrogens is 384 g/mol. The van der Waals surface area contributed by atoms with Crippen LogP contribution in [0.25, 0.3) is 11.3 Å². The van der Waals surface area contributed by atoms with Gasteiger partial charge in [-0.1, -0.05) is 0 Å². The lowest BCUT2D eigenvalue weighted by Crippen LogP contribution is -2.03. The van der Waals surface area contributed by atoms with Crippen LogP contribution in [0.15, 0.2) is 53.2 Å². The summed E-state index contributed by atoms with van der Waals surface area (Å²) < 4.78 is 4.63. The molecule has 13 nitrogen and oxygen atoms in total. The first-order valence-electron chi connectivity index (χ1n) is 8.03. The lowest BCUT2D eigenvalue weighted by molar-refractivity contribution is -0.385. The Labute approximate surface area is 160 Å². The molecule has 0 aliphatic heterocycles. The highest BCUT2D eigenvalue weighted by atomic mass is 16.6. The molecular formula is C16H10N8O5. The Morgan fingerprint density at radius 1 is 0.690 bits per heavy atom. The summed E-state index contributed by atoms with van der Waals surface area (Å²) in [7, 11) is 0. The second-order valence-electron chi connectivity index (χ2n) is 5.69. The smallest absolute Gasteiger partial charge is 0.269 e. The molecule has 0 spiro atoms. The van der Waals surface area contributed by atoms with Crippen LogP contribution in [0.3, 0.4) is 0 Å². The fraction of sp³-hybridized carbons (Fsp3) is 0. The summed E-state index contributed by atoms with van der Waals surface area (Å²) >= 11 is 0. The van der Waals surface area contributed by atoms with E-state index in [9.17, 15) is 20.2 Å². The van der Waals surface area contributed by atoms with Gasteiger partial charge in [-0.15, -0.1) is 0 Å². The molecule has 0 atom stereocenters. The van der Waals surface area contributed by atoms with Gasteiger partial charge >= 0.3 is 0 Å². The van der Waals surface area contributed by atoms with Crippen LogP contribution in [-0.2, 0) is 0 Å². The average molecular weight is 394 g/mol. The van der Waals surface area contributed by atoms with E-state index in [1.165, 1.54) is 48.5 Å². The van der Waals surface area contributed by atoms with Crippen LogP contribution in [0.1, 0.15) is 0 Å². The number of fused-ring (bicyclic) bond motifs is 1. The summed E-state index contributed by atoms with van der Waals surface area (Å²) in [5.74, 6) is 0.501. The zero-order valence-corrected chi connectivity index (χ0v) is 14.3. The quantitative estimate of drug-likeness (QED) is 0.362. The predicted molar refractivity (Wildman–Crippen MR) is 100 cm³/mol. The molecule has 29 heavy (non-hydrogen) atoms. The molecule has 0 saturated heterocycles. The monoisotopic (exact) mass is 394 g/mol. The van der Waals surface area contributed by atoms with Crippen LogP contribution in [0.4, 0.5) is 34.4 Å². The molecule has 2 N–H and O–H groups in total. The fourth-order valence-electron chi connectivity index (χ4n) is 2.42. The maximum absolute atomic E-state index is 10.8. The van der Waals surface area contributed by atoms with E-state index in [0.717, 1.165) is 0 Å². The second-order valence-corrected chi connectivity index (χ2v) is 5.69. The highest BCUT2D eigenvalue weighted by molar-refractivity contribution is 5.79. The fourth-order valence-corrected chi connectivity index (χ4v) is 2.42. The molecule has 0 saturated carbocycles. The number of benzene rings is 2. The molecule has 0 amide bonds. The molecule has 13 heteroatoms. The molecule has 4 aromatic rings. The predicted octanol–water partition coefficient (Wildman–Crippen LogP) is 3.32. The summed E-state index contributed by atoms with van der Waals surface area (Å²) in [5.41, 5.74) is 1.25. The number of nitrogens with one attached hydrogen (secondary N) is 2. The first-order chi connectivity index (χ1) is 14.0. The third-order valence-corrected chi connectivity index (χ3v) is 3.80. The SMILES string of the molecule is O=[N+]([O-])c1ccc(Nc2nc3nonc3nc2Nc2ccc([N+](=O)[O-])cc2)cc1. The van der Waals surface area contributed by atoms with Crippen molar-refractivity contribution in [1.29, 1.82) is 0 Å². The lowest BCUT2D eigenvalue weighted by Gasteiger charge is -2.11. The number of anilines is 4. The van der Waals surface area contributed by atoms with Crippen molar-refractivity contribution in [2.24, 2.45) is 0 Å². The summed E-state index contributed by atoms with van der Waals surface area (Å²) in [6.45, 7) is 0. The van der Waals surface area contributed by atoms with Gasteiger partial charge in [0.2, 0.25) is 11.3 Å². The van der Waals surface area contributed by atoms with Crippen molar-refractivity contribution in [2.45, 2.75) is 0 Å². The van der Waals surface area contributed by atoms with E-state index in [2.05, 4.69) is 35.5 Å². The zero-order chi connectivity index (χ0) is 20.4. The molecule has 0 unspecified atom stereocenters. The van der Waals surface area contributed by atoms with Gasteiger partial charge < -0.3 is 10.6 Å². The van der Waals surface area contributed by atoms with Gasteiger partial charge in [0.15, 0.2) is 11.6 Å². The normalized spacial score (nSPS) is 10.6. The Kier molecular flexibility index (Phi) is 4.37. The van der Waals surface area contributed by atoms with Gasteiger partial charge in [-0.25, -0.2) is 14.6 Å². The van der Waals surface area contributed by atoms with Crippen LogP contribution < -0.4 is 10.6 Å². The van der Waals surface area contributed by atoms with Crippen molar-refractivity contribution < 1.29 is 14.5 Å². The van der Waals surface area contributed by atoms with Gasteiger partial charge in [-0.3, -0.25) is 20.2 Å². The molecule has 2 aromatic heterocycles. The van der Waals surface area contributed by atoms with Crippen molar-refractivity contribution >= 4 is 45.7 Å². The number of nitrogens with zero attached hydrogens (tertiary/aromatic N) is 6. The van der Waals surface area contributed by atoms with Crippen LogP contribution >= 0.6 is 0 Å². The van der Waals surface area contributed by atoms with E-state index in [4.69, 9.17) is 0 Å². The third-order valence-electron chi connectivity index (χ3n) is 3.80. The van der Waals surface area contributed by atoms with E-state index in [1.54, 1.807) is 0 Å². The Balaban J connectivity index is 1.66. The second kappa shape index (κ2) is 7.15. The maximum Gasteiger partial charge on any atom is 0.269 e. The third kappa shape index (κ3) is 3.73. The number of nitro benzene ring substituents is 2. The van der Waals surface area contributed by atoms with Crippen molar-refractivity contribution in [3.05, 3.63) is 68.8 Å². The van der Waals surface area contributed by atoms with Gasteiger partial charge in [-0.05, 0) is 34.6 Å². The zero-order valence-electron chi connectivity index (χ0n) is 14.3. The van der Waals surface area contributed by atoms with E-state index in [1.807, 2.05) is 0 Å². The Morgan fingerprint density at radius 3 is 1.41 bits per heavy atom. The topological polar surface area (TPSA) is 175 Å². The Hall–Kier alpha value is -4.68. The number of rotatable bonds is 6. The molecule has 2 aromatic carbocycles. The number of aromatic nitrogens is 4. The minimum atomic E-state index is -0.502. The lowest BCUT2D eigenvalue weighted by atomic mass is 10.2. The highest BCUT2D eigenvalue weighted by Gasteiger charge is 2.15. The largest absolute Gasteiger partial charge is 0.337 e. The highest BCUT2D eigenvalue weighted by Crippen LogP contribution is 2.28. The van der Waals surface area contributed by atoms with Crippen molar-refractivity contribution in [3.8, 4) is 0 Å². The van der Waals surface area contributed by atoms with Gasteiger partial charge in [-0.2, -0.15) is 0 Å². The van der Waals surface area contributed by atoms with E-state index < -0.39 is 9.85 Å². The van der Waals surface area contributed by atoms with Gasteiger partial charge in [0.25, 0.3) is 11.4 Å². The molecule has 144 valence electrons. The molecule has 0 bridgehead atoms. The molecule has 0 radical (unpaired) electrons. The molecule has 2 heterocycles. The van der Waals surface area contributed by atoms with Crippen molar-refractivity contribution in [3.63, 3.8) is 0 Å². The molecule has 0 aliphatic rings. The van der Waals surface area contributed by atoms with Crippen LogP contribution in [0.5, 0.6) is 0 Å². The van der Waals surface area contributed by atoms with Crippen molar-refractivity contribution in [2.75, 3.05) is 10.6 Å². The Bertz CT molecular complexity index is 1110.